The molecule has 3 N–H and O–H groups in total. The van der Waals surface area contributed by atoms with E-state index in [0.29, 0.717) is 44.0 Å². The summed E-state index contributed by atoms with van der Waals surface area (Å²) in [7, 11) is 3.40. The zero-order valence-corrected chi connectivity index (χ0v) is 21.7. The van der Waals surface area contributed by atoms with Crippen molar-refractivity contribution in [2.24, 2.45) is 0 Å². The number of hydrogen-bond donors (Lipinski definition) is 3. The number of amides is 3. The average Bonchev–Trinajstić information content (AvgIpc) is 3.40. The maximum absolute atomic E-state index is 13.6. The van der Waals surface area contributed by atoms with Crippen LogP contribution in [0.4, 0.5) is 0 Å². The Balaban J connectivity index is 1.43. The number of nitrogens with zero attached hydrogens (tertiary/aromatic N) is 3. The van der Waals surface area contributed by atoms with E-state index in [-0.39, 0.29) is 49.3 Å². The van der Waals surface area contributed by atoms with E-state index in [9.17, 15) is 24.6 Å². The third-order valence-corrected chi connectivity index (χ3v) is 7.95. The summed E-state index contributed by atoms with van der Waals surface area (Å²) in [6, 6.07) is 6.10. The molecule has 4 aliphatic heterocycles. The Bertz CT molecular complexity index is 1040. The maximum atomic E-state index is 13.6. The largest absolute Gasteiger partial charge is 0.497 e. The van der Waals surface area contributed by atoms with E-state index in [4.69, 9.17) is 14.2 Å². The standard InChI is InChI=1S/C26H36N4O8/c1-28-11-16-9-19(28)26(35)29-7-8-37-18(12-29)13-30(25(34)15-3-5-17(36-2)6-4-15)14-21-24(33)23(32)20(38-21)10-22(31)27-16/h3-6,16,18-21,23-24,32-33H,7-14H2,1-2H3,(H,27,31)/t16-,18-,19-,20-,21+,23-,24+/m0/s1. The van der Waals surface area contributed by atoms with E-state index in [1.807, 2.05) is 11.9 Å². The van der Waals surface area contributed by atoms with Crippen molar-refractivity contribution in [3.63, 3.8) is 0 Å². The van der Waals surface area contributed by atoms with Gasteiger partial charge in [-0.2, -0.15) is 0 Å². The van der Waals surface area contributed by atoms with Gasteiger partial charge in [-0.05, 0) is 37.7 Å². The predicted octanol–water partition coefficient (Wildman–Crippen LogP) is -1.55. The number of rotatable bonds is 2. The molecular weight excluding hydrogens is 496 g/mol. The number of nitrogens with one attached hydrogen (secondary N) is 1. The summed E-state index contributed by atoms with van der Waals surface area (Å²) in [5.74, 6) is -0.0482. The number of carbonyl (C=O) groups excluding carboxylic acids is 3. The molecular formula is C26H36N4O8. The fourth-order valence-corrected chi connectivity index (χ4v) is 5.87. The van der Waals surface area contributed by atoms with Crippen molar-refractivity contribution in [2.75, 3.05) is 53.5 Å². The molecule has 5 rings (SSSR count). The van der Waals surface area contributed by atoms with E-state index < -0.39 is 30.5 Å². The summed E-state index contributed by atoms with van der Waals surface area (Å²) in [5, 5.41) is 24.4. The smallest absolute Gasteiger partial charge is 0.254 e. The quantitative estimate of drug-likeness (QED) is 0.413. The van der Waals surface area contributed by atoms with Gasteiger partial charge in [0.15, 0.2) is 0 Å². The highest BCUT2D eigenvalue weighted by Gasteiger charge is 2.46. The predicted molar refractivity (Wildman–Crippen MR) is 133 cm³/mol. The van der Waals surface area contributed by atoms with Crippen LogP contribution in [0, 0.1) is 0 Å². The zero-order valence-electron chi connectivity index (χ0n) is 21.7. The lowest BCUT2D eigenvalue weighted by Crippen LogP contribution is -2.55. The fraction of sp³-hybridized carbons (Fsp3) is 0.654. The van der Waals surface area contributed by atoms with Gasteiger partial charge in [0.2, 0.25) is 11.8 Å². The molecule has 7 atom stereocenters. The van der Waals surface area contributed by atoms with Crippen LogP contribution in [0.3, 0.4) is 0 Å². The van der Waals surface area contributed by atoms with Crippen molar-refractivity contribution in [2.45, 2.75) is 55.4 Å². The summed E-state index contributed by atoms with van der Waals surface area (Å²) in [4.78, 5) is 45.1. The molecule has 4 aliphatic rings. The topological polar surface area (TPSA) is 141 Å². The highest BCUT2D eigenvalue weighted by molar-refractivity contribution is 5.94. The lowest BCUT2D eigenvalue weighted by molar-refractivity contribution is -0.144. The van der Waals surface area contributed by atoms with Crippen LogP contribution >= 0.6 is 0 Å². The molecule has 12 nitrogen and oxygen atoms in total. The number of likely N-dealkylation sites (N-methyl/N-ethyl adjacent to an activating group) is 1. The lowest BCUT2D eigenvalue weighted by atomic mass is 10.0. The average molecular weight is 533 g/mol. The molecule has 0 saturated carbocycles. The van der Waals surface area contributed by atoms with Crippen LogP contribution in [0.1, 0.15) is 23.2 Å². The monoisotopic (exact) mass is 532 g/mol. The molecule has 208 valence electrons. The number of likely N-dealkylation sites (tertiary alicyclic amines) is 1. The third-order valence-electron chi connectivity index (χ3n) is 7.95. The Kier molecular flexibility index (Phi) is 7.87. The van der Waals surface area contributed by atoms with Crippen molar-refractivity contribution in [3.05, 3.63) is 29.8 Å². The second-order valence-electron chi connectivity index (χ2n) is 10.6. The number of carbonyl (C=O) groups is 3. The molecule has 4 heterocycles. The minimum absolute atomic E-state index is 0.0214. The van der Waals surface area contributed by atoms with Gasteiger partial charge in [0.1, 0.15) is 24.1 Å². The van der Waals surface area contributed by atoms with E-state index in [2.05, 4.69) is 5.32 Å². The molecule has 3 amide bonds. The van der Waals surface area contributed by atoms with Gasteiger partial charge in [-0.1, -0.05) is 0 Å². The van der Waals surface area contributed by atoms with E-state index >= 15 is 0 Å². The molecule has 0 radical (unpaired) electrons. The molecule has 12 heteroatoms. The Morgan fingerprint density at radius 1 is 1.05 bits per heavy atom. The van der Waals surface area contributed by atoms with Crippen LogP contribution < -0.4 is 10.1 Å². The number of methoxy groups -OCH3 is 1. The molecule has 1 aromatic carbocycles. The highest BCUT2D eigenvalue weighted by atomic mass is 16.5. The first-order chi connectivity index (χ1) is 18.2. The Hall–Kier alpha value is -2.77. The van der Waals surface area contributed by atoms with Gasteiger partial charge < -0.3 is 39.5 Å². The summed E-state index contributed by atoms with van der Waals surface area (Å²) >= 11 is 0. The third kappa shape index (κ3) is 5.50. The van der Waals surface area contributed by atoms with Crippen LogP contribution in [0.2, 0.25) is 0 Å². The van der Waals surface area contributed by atoms with Crippen LogP contribution in [0.15, 0.2) is 24.3 Å². The molecule has 38 heavy (non-hydrogen) atoms. The second kappa shape index (κ2) is 11.1. The first-order valence-corrected chi connectivity index (χ1v) is 13.1. The van der Waals surface area contributed by atoms with Gasteiger partial charge in [-0.25, -0.2) is 0 Å². The van der Waals surface area contributed by atoms with Crippen molar-refractivity contribution >= 4 is 17.7 Å². The van der Waals surface area contributed by atoms with Gasteiger partial charge in [0, 0.05) is 44.3 Å². The highest BCUT2D eigenvalue weighted by Crippen LogP contribution is 2.27. The number of hydrogen-bond acceptors (Lipinski definition) is 9. The number of fused-ring (bicyclic) bond motifs is 6. The summed E-state index contributed by atoms with van der Waals surface area (Å²) in [6.45, 7) is 1.75. The van der Waals surface area contributed by atoms with Gasteiger partial charge in [-0.3, -0.25) is 19.3 Å². The molecule has 0 unspecified atom stereocenters. The van der Waals surface area contributed by atoms with Crippen molar-refractivity contribution in [1.82, 2.24) is 20.0 Å². The minimum atomic E-state index is -1.28. The van der Waals surface area contributed by atoms with Crippen molar-refractivity contribution in [1.29, 1.82) is 0 Å². The lowest BCUT2D eigenvalue weighted by Gasteiger charge is -2.38. The van der Waals surface area contributed by atoms with Gasteiger partial charge in [0.25, 0.3) is 5.91 Å². The van der Waals surface area contributed by atoms with Crippen molar-refractivity contribution < 1.29 is 38.8 Å². The molecule has 6 bridgehead atoms. The fourth-order valence-electron chi connectivity index (χ4n) is 5.87. The van der Waals surface area contributed by atoms with Crippen LogP contribution in [0.25, 0.3) is 0 Å². The number of benzene rings is 1. The Morgan fingerprint density at radius 3 is 2.53 bits per heavy atom. The van der Waals surface area contributed by atoms with Gasteiger partial charge in [0.05, 0.1) is 38.4 Å². The molecule has 0 spiro atoms. The second-order valence-corrected chi connectivity index (χ2v) is 10.6. The van der Waals surface area contributed by atoms with Crippen LogP contribution in [-0.2, 0) is 19.1 Å². The van der Waals surface area contributed by atoms with E-state index in [1.165, 1.54) is 4.90 Å². The van der Waals surface area contributed by atoms with Crippen molar-refractivity contribution in [3.8, 4) is 5.75 Å². The molecule has 4 saturated heterocycles. The Morgan fingerprint density at radius 2 is 1.79 bits per heavy atom. The number of aliphatic hydroxyl groups is 2. The summed E-state index contributed by atoms with van der Waals surface area (Å²) < 4.78 is 17.1. The zero-order chi connectivity index (χ0) is 27.0. The molecule has 4 fully saturated rings. The normalized spacial score (nSPS) is 34.8. The first-order valence-electron chi connectivity index (χ1n) is 13.1. The minimum Gasteiger partial charge on any atom is -0.497 e. The number of ether oxygens (including phenoxy) is 3. The Labute approximate surface area is 221 Å². The number of morpholine rings is 1. The van der Waals surface area contributed by atoms with Crippen LogP contribution in [-0.4, -0.2) is 139 Å². The van der Waals surface area contributed by atoms with Gasteiger partial charge in [-0.15, -0.1) is 0 Å². The molecule has 0 aliphatic carbocycles. The van der Waals surface area contributed by atoms with Gasteiger partial charge >= 0.3 is 0 Å². The van der Waals surface area contributed by atoms with E-state index in [0.717, 1.165) is 0 Å². The molecule has 0 aromatic heterocycles. The SMILES string of the molecule is COc1ccc(C(=O)N2C[C@@H]3CN(CCO3)C(=O)[C@@H]3C[C@@H](CN3C)NC(=O)C[C@@H]3O[C@H](C2)[C@@H](O)[C@H]3O)cc1. The molecule has 1 aromatic rings. The summed E-state index contributed by atoms with van der Waals surface area (Å²) in [5.41, 5.74) is 0.409. The maximum Gasteiger partial charge on any atom is 0.254 e. The van der Waals surface area contributed by atoms with E-state index in [1.54, 1.807) is 36.3 Å². The number of aliphatic hydroxyl groups excluding tert-OH is 2. The first kappa shape index (κ1) is 26.8. The summed E-state index contributed by atoms with van der Waals surface area (Å²) in [6.07, 6.45) is -4.48. The van der Waals surface area contributed by atoms with Crippen LogP contribution in [0.5, 0.6) is 5.75 Å².